The molecule has 0 radical (unpaired) electrons. The summed E-state index contributed by atoms with van der Waals surface area (Å²) in [6, 6.07) is 7.87. The van der Waals surface area contributed by atoms with Gasteiger partial charge in [0.15, 0.2) is 0 Å². The minimum absolute atomic E-state index is 0.175. The maximum absolute atomic E-state index is 11.3. The Kier molecular flexibility index (Phi) is 5.01. The maximum Gasteiger partial charge on any atom is 0.320 e. The summed E-state index contributed by atoms with van der Waals surface area (Å²) < 4.78 is 5.45. The number of nitrogens with zero attached hydrogens (tertiary/aromatic N) is 1. The van der Waals surface area contributed by atoms with E-state index in [2.05, 4.69) is 24.0 Å². The summed E-state index contributed by atoms with van der Waals surface area (Å²) in [4.78, 5) is 13.5. The van der Waals surface area contributed by atoms with Crippen LogP contribution < -0.4 is 4.74 Å². The lowest BCUT2D eigenvalue weighted by Crippen LogP contribution is -2.38. The third-order valence-corrected chi connectivity index (χ3v) is 3.94. The van der Waals surface area contributed by atoms with Gasteiger partial charge < -0.3 is 9.84 Å². The third-order valence-electron chi connectivity index (χ3n) is 3.94. The topological polar surface area (TPSA) is 49.8 Å². The molecule has 2 atom stereocenters. The molecule has 1 N–H and O–H groups in total. The van der Waals surface area contributed by atoms with Gasteiger partial charge in [-0.2, -0.15) is 0 Å². The van der Waals surface area contributed by atoms with Gasteiger partial charge in [-0.05, 0) is 50.4 Å². The van der Waals surface area contributed by atoms with Gasteiger partial charge in [-0.15, -0.1) is 0 Å². The second-order valence-electron chi connectivity index (χ2n) is 5.16. The fourth-order valence-corrected chi connectivity index (χ4v) is 3.04. The van der Waals surface area contributed by atoms with Crippen molar-refractivity contribution in [2.45, 2.75) is 45.2 Å². The number of rotatable bonds is 6. The Bertz CT molecular complexity index is 444. The number of hydrogen-bond acceptors (Lipinski definition) is 3. The number of likely N-dealkylation sites (tertiary alicyclic amines) is 1. The van der Waals surface area contributed by atoms with E-state index in [1.165, 1.54) is 5.56 Å². The summed E-state index contributed by atoms with van der Waals surface area (Å²) in [5.74, 6) is 0.161. The van der Waals surface area contributed by atoms with Crippen molar-refractivity contribution >= 4 is 5.97 Å². The van der Waals surface area contributed by atoms with Crippen molar-refractivity contribution < 1.29 is 14.6 Å². The fourth-order valence-electron chi connectivity index (χ4n) is 3.04. The Morgan fingerprint density at radius 1 is 1.40 bits per heavy atom. The molecule has 1 aliphatic rings. The van der Waals surface area contributed by atoms with Gasteiger partial charge in [-0.1, -0.05) is 19.1 Å². The molecule has 0 spiro atoms. The lowest BCUT2D eigenvalue weighted by molar-refractivity contribution is -0.143. The van der Waals surface area contributed by atoms with Crippen molar-refractivity contribution in [3.63, 3.8) is 0 Å². The van der Waals surface area contributed by atoms with Gasteiger partial charge in [0.05, 0.1) is 6.61 Å². The van der Waals surface area contributed by atoms with Crippen LogP contribution in [0.5, 0.6) is 5.75 Å². The zero-order valence-corrected chi connectivity index (χ0v) is 12.2. The van der Waals surface area contributed by atoms with Crippen molar-refractivity contribution in [3.05, 3.63) is 29.8 Å². The molecule has 1 aromatic carbocycles. The van der Waals surface area contributed by atoms with Crippen LogP contribution in [0.15, 0.2) is 24.3 Å². The molecule has 1 aromatic rings. The van der Waals surface area contributed by atoms with Crippen LogP contribution in [-0.2, 0) is 4.79 Å². The molecule has 1 saturated heterocycles. The molecule has 1 heterocycles. The first-order valence-corrected chi connectivity index (χ1v) is 7.38. The Balaban J connectivity index is 2.16. The summed E-state index contributed by atoms with van der Waals surface area (Å²) in [6.07, 6.45) is 2.63. The molecule has 1 fully saturated rings. The molecular formula is C16H23NO3. The van der Waals surface area contributed by atoms with E-state index in [1.807, 2.05) is 19.1 Å². The average Bonchev–Trinajstić information content (AvgIpc) is 2.91. The zero-order valence-electron chi connectivity index (χ0n) is 12.2. The van der Waals surface area contributed by atoms with E-state index in [1.54, 1.807) is 0 Å². The molecule has 0 amide bonds. The van der Waals surface area contributed by atoms with Crippen LogP contribution in [0, 0.1) is 0 Å². The highest BCUT2D eigenvalue weighted by atomic mass is 16.5. The van der Waals surface area contributed by atoms with Gasteiger partial charge in [0.2, 0.25) is 0 Å². The summed E-state index contributed by atoms with van der Waals surface area (Å²) in [7, 11) is 0. The van der Waals surface area contributed by atoms with Crippen LogP contribution in [-0.4, -0.2) is 35.2 Å². The summed E-state index contributed by atoms with van der Waals surface area (Å²) in [6.45, 7) is 5.59. The summed E-state index contributed by atoms with van der Waals surface area (Å²) in [5.41, 5.74) is 1.17. The number of carbonyl (C=O) groups is 1. The van der Waals surface area contributed by atoms with E-state index in [0.717, 1.165) is 31.6 Å². The minimum Gasteiger partial charge on any atom is -0.494 e. The van der Waals surface area contributed by atoms with Crippen molar-refractivity contribution in [1.82, 2.24) is 4.90 Å². The Morgan fingerprint density at radius 2 is 2.10 bits per heavy atom. The highest BCUT2D eigenvalue weighted by Crippen LogP contribution is 2.32. The maximum atomic E-state index is 11.3. The van der Waals surface area contributed by atoms with Crippen LogP contribution in [0.1, 0.15) is 44.7 Å². The van der Waals surface area contributed by atoms with Gasteiger partial charge in [-0.3, -0.25) is 9.69 Å². The summed E-state index contributed by atoms with van der Waals surface area (Å²) in [5, 5.41) is 9.33. The molecule has 0 bridgehead atoms. The molecule has 2 rings (SSSR count). The highest BCUT2D eigenvalue weighted by molar-refractivity contribution is 5.73. The number of aliphatic carboxylic acids is 1. The van der Waals surface area contributed by atoms with Gasteiger partial charge in [0.1, 0.15) is 11.8 Å². The Hall–Kier alpha value is -1.55. The second kappa shape index (κ2) is 6.75. The lowest BCUT2D eigenvalue weighted by Gasteiger charge is -2.30. The fraction of sp³-hybridized carbons (Fsp3) is 0.562. The van der Waals surface area contributed by atoms with E-state index in [4.69, 9.17) is 4.74 Å². The van der Waals surface area contributed by atoms with Crippen LogP contribution in [0.2, 0.25) is 0 Å². The number of ether oxygens (including phenoxy) is 1. The van der Waals surface area contributed by atoms with Crippen LogP contribution in [0.4, 0.5) is 0 Å². The smallest absolute Gasteiger partial charge is 0.320 e. The van der Waals surface area contributed by atoms with Gasteiger partial charge in [0, 0.05) is 6.04 Å². The van der Waals surface area contributed by atoms with E-state index < -0.39 is 5.97 Å². The van der Waals surface area contributed by atoms with Crippen LogP contribution in [0.3, 0.4) is 0 Å². The SMILES string of the molecule is CCOc1ccc(C(CC)N2CCCC2C(=O)O)cc1. The molecule has 4 heteroatoms. The number of benzene rings is 1. The predicted octanol–water partition coefficient (Wildman–Crippen LogP) is 3.09. The summed E-state index contributed by atoms with van der Waals surface area (Å²) >= 11 is 0. The van der Waals surface area contributed by atoms with Crippen LogP contribution in [0.25, 0.3) is 0 Å². The van der Waals surface area contributed by atoms with Crippen LogP contribution >= 0.6 is 0 Å². The van der Waals surface area contributed by atoms with Crippen molar-refractivity contribution in [3.8, 4) is 5.75 Å². The number of carboxylic acids is 1. The Labute approximate surface area is 120 Å². The van der Waals surface area contributed by atoms with Crippen molar-refractivity contribution in [2.24, 2.45) is 0 Å². The average molecular weight is 277 g/mol. The highest BCUT2D eigenvalue weighted by Gasteiger charge is 2.35. The van der Waals surface area contributed by atoms with Gasteiger partial charge in [0.25, 0.3) is 0 Å². The molecule has 4 nitrogen and oxygen atoms in total. The van der Waals surface area contributed by atoms with E-state index >= 15 is 0 Å². The third kappa shape index (κ3) is 3.12. The lowest BCUT2D eigenvalue weighted by atomic mass is 10.0. The van der Waals surface area contributed by atoms with Gasteiger partial charge >= 0.3 is 5.97 Å². The minimum atomic E-state index is -0.702. The molecule has 0 aromatic heterocycles. The normalized spacial score (nSPS) is 20.8. The first-order chi connectivity index (χ1) is 9.67. The number of carboxylic acid groups (broad SMARTS) is 1. The Morgan fingerprint density at radius 3 is 2.65 bits per heavy atom. The monoisotopic (exact) mass is 277 g/mol. The standard InChI is InChI=1S/C16H23NO3/c1-3-14(17-11-5-6-15(17)16(18)19)12-7-9-13(10-8-12)20-4-2/h7-10,14-15H,3-6,11H2,1-2H3,(H,18,19). The molecule has 20 heavy (non-hydrogen) atoms. The second-order valence-corrected chi connectivity index (χ2v) is 5.16. The first-order valence-electron chi connectivity index (χ1n) is 7.38. The molecule has 110 valence electrons. The molecular weight excluding hydrogens is 254 g/mol. The van der Waals surface area contributed by atoms with E-state index in [9.17, 15) is 9.90 Å². The zero-order chi connectivity index (χ0) is 14.5. The van der Waals surface area contributed by atoms with E-state index in [0.29, 0.717) is 6.61 Å². The molecule has 2 unspecified atom stereocenters. The molecule has 0 saturated carbocycles. The predicted molar refractivity (Wildman–Crippen MR) is 78.0 cm³/mol. The molecule has 0 aliphatic carbocycles. The van der Waals surface area contributed by atoms with Crippen molar-refractivity contribution in [1.29, 1.82) is 0 Å². The van der Waals surface area contributed by atoms with Crippen molar-refractivity contribution in [2.75, 3.05) is 13.2 Å². The molecule has 1 aliphatic heterocycles. The first kappa shape index (κ1) is 14.9. The quantitative estimate of drug-likeness (QED) is 0.868. The number of hydrogen-bond donors (Lipinski definition) is 1. The van der Waals surface area contributed by atoms with Gasteiger partial charge in [-0.25, -0.2) is 0 Å². The van der Waals surface area contributed by atoms with E-state index in [-0.39, 0.29) is 12.1 Å². The largest absolute Gasteiger partial charge is 0.494 e.